The molecular weight excluding hydrogens is 256 g/mol. The Morgan fingerprint density at radius 3 is 2.11 bits per heavy atom. The van der Waals surface area contributed by atoms with Crippen molar-refractivity contribution in [3.63, 3.8) is 0 Å². The molecule has 2 rings (SSSR count). The second-order valence-corrected chi connectivity index (χ2v) is 6.49. The molecule has 0 amide bonds. The number of nitrogens with zero attached hydrogens (tertiary/aromatic N) is 1. The molecule has 0 aromatic rings. The number of halogens is 1. The minimum absolute atomic E-state index is 0. The maximum atomic E-state index is 3.29. The van der Waals surface area contributed by atoms with Gasteiger partial charge >= 0.3 is 0 Å². The highest BCUT2D eigenvalue weighted by molar-refractivity contribution is 5.85. The van der Waals surface area contributed by atoms with Gasteiger partial charge in [-0.25, -0.2) is 0 Å². The first kappa shape index (κ1) is 17.3. The van der Waals surface area contributed by atoms with Crippen LogP contribution >= 0.6 is 12.4 Å². The monoisotopic (exact) mass is 288 g/mol. The summed E-state index contributed by atoms with van der Waals surface area (Å²) >= 11 is 0. The fourth-order valence-corrected chi connectivity index (χ4v) is 3.72. The van der Waals surface area contributed by atoms with Gasteiger partial charge in [0.25, 0.3) is 0 Å². The van der Waals surface area contributed by atoms with Crippen LogP contribution in [0.25, 0.3) is 0 Å². The highest BCUT2D eigenvalue weighted by atomic mass is 35.5. The molecule has 0 bridgehead atoms. The molecule has 1 saturated carbocycles. The summed E-state index contributed by atoms with van der Waals surface area (Å²) < 4.78 is 0. The van der Waals surface area contributed by atoms with Gasteiger partial charge in [-0.1, -0.05) is 25.7 Å². The third kappa shape index (κ3) is 6.46. The van der Waals surface area contributed by atoms with Crippen molar-refractivity contribution in [2.45, 2.75) is 57.8 Å². The lowest BCUT2D eigenvalue weighted by Gasteiger charge is -2.34. The molecule has 0 aromatic heterocycles. The first-order valence-corrected chi connectivity index (χ1v) is 8.25. The number of piperidine rings is 1. The van der Waals surface area contributed by atoms with E-state index >= 15 is 0 Å². The van der Waals surface area contributed by atoms with Gasteiger partial charge in [-0.15, -0.1) is 12.4 Å². The summed E-state index contributed by atoms with van der Waals surface area (Å²) in [6.45, 7) is 5.34. The molecule has 1 aliphatic carbocycles. The molecule has 0 spiro atoms. The zero-order valence-electron chi connectivity index (χ0n) is 12.7. The molecule has 2 aliphatic rings. The van der Waals surface area contributed by atoms with Gasteiger partial charge in [0.05, 0.1) is 0 Å². The molecule has 19 heavy (non-hydrogen) atoms. The molecule has 3 heteroatoms. The van der Waals surface area contributed by atoms with Gasteiger partial charge < -0.3 is 10.2 Å². The molecule has 2 fully saturated rings. The highest BCUT2D eigenvalue weighted by Crippen LogP contribution is 2.26. The van der Waals surface area contributed by atoms with Crippen molar-refractivity contribution < 1.29 is 0 Å². The molecule has 0 unspecified atom stereocenters. The van der Waals surface area contributed by atoms with Crippen molar-refractivity contribution in [3.8, 4) is 0 Å². The van der Waals surface area contributed by atoms with E-state index in [9.17, 15) is 0 Å². The molecule has 1 N–H and O–H groups in total. The van der Waals surface area contributed by atoms with Crippen LogP contribution in [0.4, 0.5) is 0 Å². The molecule has 1 saturated heterocycles. The Hall–Kier alpha value is 0.210. The van der Waals surface area contributed by atoms with E-state index in [1.807, 2.05) is 0 Å². The summed E-state index contributed by atoms with van der Waals surface area (Å²) in [4.78, 5) is 2.76. The van der Waals surface area contributed by atoms with Gasteiger partial charge in [-0.2, -0.15) is 0 Å². The van der Waals surface area contributed by atoms with Crippen LogP contribution < -0.4 is 5.32 Å². The van der Waals surface area contributed by atoms with Crippen molar-refractivity contribution in [2.24, 2.45) is 11.8 Å². The summed E-state index contributed by atoms with van der Waals surface area (Å²) in [7, 11) is 2.07. The van der Waals surface area contributed by atoms with Gasteiger partial charge in [0.1, 0.15) is 0 Å². The number of rotatable bonds is 5. The van der Waals surface area contributed by atoms with Crippen LogP contribution in [0.15, 0.2) is 0 Å². The Kier molecular flexibility index (Phi) is 9.10. The summed E-state index contributed by atoms with van der Waals surface area (Å²) in [5.74, 6) is 2.00. The molecule has 0 aromatic carbocycles. The zero-order chi connectivity index (χ0) is 12.6. The summed E-state index contributed by atoms with van der Waals surface area (Å²) in [5, 5.41) is 3.29. The quantitative estimate of drug-likeness (QED) is 0.776. The third-order valence-corrected chi connectivity index (χ3v) is 5.00. The van der Waals surface area contributed by atoms with Crippen molar-refractivity contribution in [3.05, 3.63) is 0 Å². The first-order chi connectivity index (χ1) is 8.88. The molecule has 0 radical (unpaired) electrons. The number of likely N-dealkylation sites (tertiary alicyclic amines) is 1. The lowest BCUT2D eigenvalue weighted by atomic mass is 9.92. The first-order valence-electron chi connectivity index (χ1n) is 8.25. The summed E-state index contributed by atoms with van der Waals surface area (Å²) in [5.41, 5.74) is 0. The predicted molar refractivity (Wildman–Crippen MR) is 86.1 cm³/mol. The number of nitrogens with one attached hydrogen (secondary N) is 1. The second kappa shape index (κ2) is 10.0. The smallest absolute Gasteiger partial charge is 0.000966 e. The van der Waals surface area contributed by atoms with Crippen molar-refractivity contribution in [1.82, 2.24) is 10.2 Å². The van der Waals surface area contributed by atoms with E-state index in [0.29, 0.717) is 0 Å². The van der Waals surface area contributed by atoms with E-state index < -0.39 is 0 Å². The second-order valence-electron chi connectivity index (χ2n) is 6.49. The molecule has 0 atom stereocenters. The maximum Gasteiger partial charge on any atom is 0.000966 e. The zero-order valence-corrected chi connectivity index (χ0v) is 13.5. The van der Waals surface area contributed by atoms with E-state index in [4.69, 9.17) is 0 Å². The van der Waals surface area contributed by atoms with Gasteiger partial charge in [-0.05, 0) is 70.6 Å². The van der Waals surface area contributed by atoms with Crippen molar-refractivity contribution >= 4 is 12.4 Å². The largest absolute Gasteiger partial charge is 0.320 e. The number of hydrogen-bond acceptors (Lipinski definition) is 2. The molecule has 1 aliphatic heterocycles. The average molecular weight is 289 g/mol. The predicted octanol–water partition coefficient (Wildman–Crippen LogP) is 3.70. The maximum absolute atomic E-state index is 3.29. The third-order valence-electron chi connectivity index (χ3n) is 5.00. The normalized spacial score (nSPS) is 23.8. The summed E-state index contributed by atoms with van der Waals surface area (Å²) in [6.07, 6.45) is 13.2. The Labute approximate surface area is 126 Å². The SMILES string of the molecule is CNCCC1CCN(CC2CCCCCC2)CC1.Cl. The van der Waals surface area contributed by atoms with E-state index in [-0.39, 0.29) is 12.4 Å². The van der Waals surface area contributed by atoms with Gasteiger partial charge in [-0.3, -0.25) is 0 Å². The fraction of sp³-hybridized carbons (Fsp3) is 1.00. The van der Waals surface area contributed by atoms with Gasteiger partial charge in [0.2, 0.25) is 0 Å². The fourth-order valence-electron chi connectivity index (χ4n) is 3.72. The topological polar surface area (TPSA) is 15.3 Å². The Morgan fingerprint density at radius 2 is 1.53 bits per heavy atom. The standard InChI is InChI=1S/C16H32N2.ClH/c1-17-11-8-15-9-12-18(13-10-15)14-16-6-4-2-3-5-7-16;/h15-17H,2-14H2,1H3;1H. The highest BCUT2D eigenvalue weighted by Gasteiger charge is 2.21. The van der Waals surface area contributed by atoms with E-state index in [1.165, 1.54) is 84.0 Å². The van der Waals surface area contributed by atoms with E-state index in [1.54, 1.807) is 0 Å². The Bertz CT molecular complexity index is 207. The minimum Gasteiger partial charge on any atom is -0.320 e. The number of hydrogen-bond donors (Lipinski definition) is 1. The average Bonchev–Trinajstić information content (AvgIpc) is 2.67. The molecule has 1 heterocycles. The van der Waals surface area contributed by atoms with E-state index in [2.05, 4.69) is 17.3 Å². The lowest BCUT2D eigenvalue weighted by molar-refractivity contribution is 0.151. The van der Waals surface area contributed by atoms with Crippen LogP contribution in [0.5, 0.6) is 0 Å². The van der Waals surface area contributed by atoms with Gasteiger partial charge in [0.15, 0.2) is 0 Å². The van der Waals surface area contributed by atoms with Crippen LogP contribution in [-0.2, 0) is 0 Å². The van der Waals surface area contributed by atoms with E-state index in [0.717, 1.165) is 11.8 Å². The minimum atomic E-state index is 0. The van der Waals surface area contributed by atoms with Crippen LogP contribution in [0.2, 0.25) is 0 Å². The molecule has 114 valence electrons. The Balaban J connectivity index is 0.00000180. The lowest BCUT2D eigenvalue weighted by Crippen LogP contribution is -2.37. The van der Waals surface area contributed by atoms with Crippen molar-refractivity contribution in [1.29, 1.82) is 0 Å². The molecule has 2 nitrogen and oxygen atoms in total. The molecular formula is C16H33ClN2. The van der Waals surface area contributed by atoms with Crippen LogP contribution in [0, 0.1) is 11.8 Å². The van der Waals surface area contributed by atoms with Crippen LogP contribution in [0.3, 0.4) is 0 Å². The van der Waals surface area contributed by atoms with Crippen molar-refractivity contribution in [2.75, 3.05) is 33.2 Å². The Morgan fingerprint density at radius 1 is 0.895 bits per heavy atom. The van der Waals surface area contributed by atoms with Crippen LogP contribution in [-0.4, -0.2) is 38.1 Å². The summed E-state index contributed by atoms with van der Waals surface area (Å²) in [6, 6.07) is 0. The van der Waals surface area contributed by atoms with Crippen LogP contribution in [0.1, 0.15) is 57.8 Å². The van der Waals surface area contributed by atoms with Gasteiger partial charge in [0, 0.05) is 6.54 Å².